The van der Waals surface area contributed by atoms with Gasteiger partial charge in [0.05, 0.1) is 29.6 Å². The molecular weight excluding hydrogens is 350 g/mol. The fraction of sp³-hybridized carbons (Fsp3) is 0.267. The monoisotopic (exact) mass is 365 g/mol. The Labute approximate surface area is 136 Å². The number of benzene rings is 1. The first kappa shape index (κ1) is 16.2. The number of nitrogens with zero attached hydrogens (tertiary/aromatic N) is 3. The Bertz CT molecular complexity index is 712. The van der Waals surface area contributed by atoms with Crippen molar-refractivity contribution in [2.75, 3.05) is 13.6 Å². The van der Waals surface area contributed by atoms with E-state index < -0.39 is 5.97 Å². The predicted molar refractivity (Wildman–Crippen MR) is 85.2 cm³/mol. The lowest BCUT2D eigenvalue weighted by molar-refractivity contribution is -0.137. The number of carbonyl (C=O) groups is 2. The number of amides is 1. The molecule has 1 aromatic heterocycles. The van der Waals surface area contributed by atoms with Crippen LogP contribution in [0.25, 0.3) is 5.69 Å². The Morgan fingerprint density at radius 1 is 1.41 bits per heavy atom. The molecule has 6 nitrogen and oxygen atoms in total. The summed E-state index contributed by atoms with van der Waals surface area (Å²) in [4.78, 5) is 24.3. The Kier molecular flexibility index (Phi) is 4.97. The maximum atomic E-state index is 12.4. The van der Waals surface area contributed by atoms with Crippen LogP contribution in [0.5, 0.6) is 0 Å². The van der Waals surface area contributed by atoms with Crippen LogP contribution in [0.1, 0.15) is 22.5 Å². The average Bonchev–Trinajstić information content (AvgIpc) is 2.85. The molecule has 1 amide bonds. The number of aliphatic carboxylic acids is 1. The quantitative estimate of drug-likeness (QED) is 0.882. The highest BCUT2D eigenvalue weighted by molar-refractivity contribution is 9.10. The molecule has 0 radical (unpaired) electrons. The summed E-state index contributed by atoms with van der Waals surface area (Å²) in [7, 11) is 1.58. The summed E-state index contributed by atoms with van der Waals surface area (Å²) < 4.78 is 2.61. The van der Waals surface area contributed by atoms with E-state index in [4.69, 9.17) is 5.11 Å². The minimum absolute atomic E-state index is 0.0823. The number of carboxylic acids is 1. The van der Waals surface area contributed by atoms with Crippen LogP contribution < -0.4 is 0 Å². The number of hydrogen-bond acceptors (Lipinski definition) is 3. The van der Waals surface area contributed by atoms with Crippen LogP contribution in [0.2, 0.25) is 0 Å². The minimum atomic E-state index is -0.929. The number of carbonyl (C=O) groups excluding carboxylic acids is 1. The Morgan fingerprint density at radius 2 is 2.14 bits per heavy atom. The van der Waals surface area contributed by atoms with Gasteiger partial charge in [-0.1, -0.05) is 22.0 Å². The molecule has 0 saturated heterocycles. The number of carboxylic acid groups (broad SMARTS) is 1. The van der Waals surface area contributed by atoms with E-state index in [-0.39, 0.29) is 18.9 Å². The van der Waals surface area contributed by atoms with Crippen molar-refractivity contribution in [3.8, 4) is 5.69 Å². The molecule has 0 bridgehead atoms. The van der Waals surface area contributed by atoms with Crippen LogP contribution in [-0.2, 0) is 4.79 Å². The molecule has 0 atom stereocenters. The van der Waals surface area contributed by atoms with E-state index >= 15 is 0 Å². The summed E-state index contributed by atoms with van der Waals surface area (Å²) in [6, 6.07) is 7.60. The minimum Gasteiger partial charge on any atom is -0.481 e. The first-order valence-corrected chi connectivity index (χ1v) is 7.47. The van der Waals surface area contributed by atoms with Crippen molar-refractivity contribution in [2.45, 2.75) is 13.3 Å². The molecule has 0 unspecified atom stereocenters. The molecule has 1 aromatic carbocycles. The maximum absolute atomic E-state index is 12.4. The highest BCUT2D eigenvalue weighted by atomic mass is 79.9. The van der Waals surface area contributed by atoms with E-state index in [1.807, 2.05) is 31.2 Å². The predicted octanol–water partition coefficient (Wildman–Crippen LogP) is 2.49. The highest BCUT2D eigenvalue weighted by Crippen LogP contribution is 2.19. The van der Waals surface area contributed by atoms with Gasteiger partial charge >= 0.3 is 5.97 Å². The first-order chi connectivity index (χ1) is 10.4. The van der Waals surface area contributed by atoms with Gasteiger partial charge in [-0.15, -0.1) is 0 Å². The normalized spacial score (nSPS) is 10.5. The van der Waals surface area contributed by atoms with Crippen molar-refractivity contribution in [3.05, 3.63) is 46.2 Å². The van der Waals surface area contributed by atoms with E-state index in [1.54, 1.807) is 11.7 Å². The number of hydrogen-bond donors (Lipinski definition) is 1. The van der Waals surface area contributed by atoms with Gasteiger partial charge in [-0.05, 0) is 25.1 Å². The number of aromatic nitrogens is 2. The molecule has 7 heteroatoms. The third kappa shape index (κ3) is 3.54. The summed E-state index contributed by atoms with van der Waals surface area (Å²) in [5.41, 5.74) is 2.03. The molecular formula is C15H16BrN3O3. The van der Waals surface area contributed by atoms with E-state index in [0.717, 1.165) is 10.2 Å². The smallest absolute Gasteiger partial charge is 0.305 e. The van der Waals surface area contributed by atoms with Gasteiger partial charge in [0.1, 0.15) is 0 Å². The number of halogens is 1. The fourth-order valence-corrected chi connectivity index (χ4v) is 2.45. The van der Waals surface area contributed by atoms with E-state index in [9.17, 15) is 9.59 Å². The first-order valence-electron chi connectivity index (χ1n) is 6.68. The zero-order chi connectivity index (χ0) is 16.3. The molecule has 0 aliphatic rings. The van der Waals surface area contributed by atoms with E-state index in [1.165, 1.54) is 11.1 Å². The second-order valence-electron chi connectivity index (χ2n) is 4.91. The van der Waals surface area contributed by atoms with Crippen LogP contribution in [0, 0.1) is 6.92 Å². The largest absolute Gasteiger partial charge is 0.481 e. The Hall–Kier alpha value is -2.15. The maximum Gasteiger partial charge on any atom is 0.305 e. The molecule has 0 aliphatic heterocycles. The zero-order valence-electron chi connectivity index (χ0n) is 12.3. The fourth-order valence-electron chi connectivity index (χ4n) is 2.06. The highest BCUT2D eigenvalue weighted by Gasteiger charge is 2.19. The van der Waals surface area contributed by atoms with Crippen molar-refractivity contribution >= 4 is 27.8 Å². The molecule has 0 saturated carbocycles. The molecule has 2 aromatic rings. The lowest BCUT2D eigenvalue weighted by atomic mass is 10.2. The van der Waals surface area contributed by atoms with Gasteiger partial charge in [-0.25, -0.2) is 4.68 Å². The summed E-state index contributed by atoms with van der Waals surface area (Å²) in [5, 5.41) is 12.9. The lowest BCUT2D eigenvalue weighted by Gasteiger charge is -2.15. The standard InChI is InChI=1S/C15H16BrN3O3/c1-10-13(15(22)18(2)7-6-14(20)21)9-17-19(10)12-5-3-4-11(16)8-12/h3-5,8-9H,6-7H2,1-2H3,(H,20,21). The van der Waals surface area contributed by atoms with Crippen molar-refractivity contribution in [1.82, 2.24) is 14.7 Å². The third-order valence-corrected chi connectivity index (χ3v) is 3.79. The van der Waals surface area contributed by atoms with Gasteiger partial charge < -0.3 is 10.0 Å². The van der Waals surface area contributed by atoms with Gasteiger partial charge in [0.25, 0.3) is 5.91 Å². The van der Waals surface area contributed by atoms with Gasteiger partial charge in [0.15, 0.2) is 0 Å². The lowest BCUT2D eigenvalue weighted by Crippen LogP contribution is -2.29. The van der Waals surface area contributed by atoms with Crippen molar-refractivity contribution in [1.29, 1.82) is 0 Å². The molecule has 116 valence electrons. The summed E-state index contributed by atoms with van der Waals surface area (Å²) >= 11 is 3.41. The van der Waals surface area contributed by atoms with Crippen molar-refractivity contribution in [2.24, 2.45) is 0 Å². The second-order valence-corrected chi connectivity index (χ2v) is 5.82. The Morgan fingerprint density at radius 3 is 2.77 bits per heavy atom. The van der Waals surface area contributed by atoms with Crippen molar-refractivity contribution < 1.29 is 14.7 Å². The summed E-state index contributed by atoms with van der Waals surface area (Å²) in [6.07, 6.45) is 1.43. The topological polar surface area (TPSA) is 75.4 Å². The third-order valence-electron chi connectivity index (χ3n) is 3.30. The second kappa shape index (κ2) is 6.74. The molecule has 0 fully saturated rings. The Balaban J connectivity index is 2.24. The molecule has 0 aliphatic carbocycles. The zero-order valence-corrected chi connectivity index (χ0v) is 13.9. The van der Waals surface area contributed by atoms with Crippen LogP contribution in [0.3, 0.4) is 0 Å². The van der Waals surface area contributed by atoms with Crippen LogP contribution in [0.4, 0.5) is 0 Å². The van der Waals surface area contributed by atoms with Crippen LogP contribution in [0.15, 0.2) is 34.9 Å². The summed E-state index contributed by atoms with van der Waals surface area (Å²) in [6.45, 7) is 1.97. The van der Waals surface area contributed by atoms with Crippen LogP contribution in [-0.4, -0.2) is 45.3 Å². The van der Waals surface area contributed by atoms with Gasteiger partial charge in [0, 0.05) is 18.1 Å². The van der Waals surface area contributed by atoms with Gasteiger partial charge in [-0.3, -0.25) is 9.59 Å². The van der Waals surface area contributed by atoms with Crippen LogP contribution >= 0.6 is 15.9 Å². The molecule has 1 N–H and O–H groups in total. The molecule has 0 spiro atoms. The van der Waals surface area contributed by atoms with Gasteiger partial charge in [0.2, 0.25) is 0 Å². The molecule has 1 heterocycles. The average molecular weight is 366 g/mol. The molecule has 2 rings (SSSR count). The van der Waals surface area contributed by atoms with E-state index in [2.05, 4.69) is 21.0 Å². The SMILES string of the molecule is Cc1c(C(=O)N(C)CCC(=O)O)cnn1-c1cccc(Br)c1. The number of rotatable bonds is 5. The molecule has 22 heavy (non-hydrogen) atoms. The van der Waals surface area contributed by atoms with E-state index in [0.29, 0.717) is 11.3 Å². The summed E-state index contributed by atoms with van der Waals surface area (Å²) in [5.74, 6) is -1.17. The van der Waals surface area contributed by atoms with Crippen molar-refractivity contribution in [3.63, 3.8) is 0 Å². The van der Waals surface area contributed by atoms with Gasteiger partial charge in [-0.2, -0.15) is 5.10 Å².